The first-order valence-electron chi connectivity index (χ1n) is 5.08. The molecule has 0 aliphatic heterocycles. The minimum atomic E-state index is -6.09. The third kappa shape index (κ3) is 22.4. The minimum absolute atomic E-state index is 0. The normalized spacial score (nSPS) is 13.6. The fraction of sp³-hybridized carbons (Fsp3) is 1.00. The molecule has 0 aromatic rings. The zero-order valence-electron chi connectivity index (χ0n) is 13.6. The number of alkyl halides is 12. The molecule has 0 radical (unpaired) electrons. The zero-order chi connectivity index (χ0) is 28.0. The van der Waals surface area contributed by atoms with Gasteiger partial charge in [0.25, 0.3) is 0 Å². The van der Waals surface area contributed by atoms with Crippen LogP contribution in [-0.2, 0) is 40.5 Å². The van der Waals surface area contributed by atoms with Crippen molar-refractivity contribution < 1.29 is 145 Å². The summed E-state index contributed by atoms with van der Waals surface area (Å²) in [5.41, 5.74) is -22.6. The van der Waals surface area contributed by atoms with Crippen molar-refractivity contribution >= 4 is 40.5 Å². The Kier molecular flexibility index (Phi) is 17.6. The van der Waals surface area contributed by atoms with E-state index >= 15 is 0 Å². The molecule has 0 rings (SSSR count). The van der Waals surface area contributed by atoms with Gasteiger partial charge in [-0.15, -0.1) is 0 Å². The van der Waals surface area contributed by atoms with Gasteiger partial charge < -0.3 is 18.2 Å². The minimum Gasteiger partial charge on any atom is -0.741 e. The van der Waals surface area contributed by atoms with Gasteiger partial charge in [-0.2, -0.15) is 52.7 Å². The van der Waals surface area contributed by atoms with E-state index in [1.165, 1.54) is 0 Å². The van der Waals surface area contributed by atoms with E-state index < -0.39 is 62.5 Å². The molecular weight excluding hydrogens is 741 g/mol. The summed E-state index contributed by atoms with van der Waals surface area (Å²) in [4.78, 5) is 0. The maximum absolute atomic E-state index is 10.7. The van der Waals surface area contributed by atoms with Crippen molar-refractivity contribution in [1.82, 2.24) is 0 Å². The first kappa shape index (κ1) is 43.2. The molecule has 0 aliphatic rings. The predicted octanol–water partition coefficient (Wildman–Crippen LogP) is 0.206. The van der Waals surface area contributed by atoms with E-state index in [4.69, 9.17) is 51.9 Å². The van der Waals surface area contributed by atoms with Crippen molar-refractivity contribution in [3.63, 3.8) is 0 Å². The molecule has 0 amide bonds. The molecule has 0 spiro atoms. The molecular formula is C4F12NdO12S4-4. The van der Waals surface area contributed by atoms with Gasteiger partial charge in [0.15, 0.2) is 40.5 Å². The van der Waals surface area contributed by atoms with Crippen LogP contribution in [0.1, 0.15) is 0 Å². The van der Waals surface area contributed by atoms with Gasteiger partial charge in [-0.05, 0) is 0 Å². The monoisotopic (exact) mass is 738 g/mol. The number of hydrogen-bond donors (Lipinski definition) is 0. The van der Waals surface area contributed by atoms with Gasteiger partial charge in [-0.3, -0.25) is 0 Å². The van der Waals surface area contributed by atoms with Gasteiger partial charge >= 0.3 is 22.0 Å². The Bertz CT molecular complexity index is 828. The average Bonchev–Trinajstić information content (AvgIpc) is 2.30. The van der Waals surface area contributed by atoms with Crippen molar-refractivity contribution in [3.05, 3.63) is 0 Å². The summed E-state index contributed by atoms with van der Waals surface area (Å²) in [6, 6.07) is 0. The van der Waals surface area contributed by atoms with Gasteiger partial charge in [0.05, 0.1) is 0 Å². The average molecular weight is 741 g/mol. The summed E-state index contributed by atoms with van der Waals surface area (Å²) < 4.78 is 236. The van der Waals surface area contributed by atoms with Crippen LogP contribution < -0.4 is 0 Å². The van der Waals surface area contributed by atoms with Crippen LogP contribution in [-0.4, -0.2) is 73.9 Å². The van der Waals surface area contributed by atoms with Crippen LogP contribution in [0.15, 0.2) is 0 Å². The SMILES string of the molecule is O=S(=O)([O-])C(F)(F)F.O=S(=O)([O-])C(F)(F)F.O=S(=O)([O-])C(F)(F)F.O=S(=O)([O-])C(F)(F)F.[Nd]. The van der Waals surface area contributed by atoms with E-state index in [1.54, 1.807) is 0 Å². The standard InChI is InChI=1S/4CHF3O3S.Nd/c4*2-1(3,4)8(5,6)7;/h4*(H,5,6,7);/p-4. The van der Waals surface area contributed by atoms with Crippen molar-refractivity contribution in [1.29, 1.82) is 0 Å². The molecule has 204 valence electrons. The first-order chi connectivity index (χ1) is 13.0. The third-order valence-electron chi connectivity index (χ3n) is 1.13. The topological polar surface area (TPSA) is 229 Å². The Balaban J connectivity index is -0.000000105. The van der Waals surface area contributed by atoms with Crippen molar-refractivity contribution in [3.8, 4) is 0 Å². The summed E-state index contributed by atoms with van der Waals surface area (Å²) in [6.45, 7) is 0. The van der Waals surface area contributed by atoms with Crippen LogP contribution in [0.2, 0.25) is 0 Å². The Labute approximate surface area is 206 Å². The molecule has 29 heteroatoms. The Morgan fingerprint density at radius 3 is 0.364 bits per heavy atom. The van der Waals surface area contributed by atoms with Crippen LogP contribution >= 0.6 is 0 Å². The number of rotatable bonds is 0. The summed E-state index contributed by atoms with van der Waals surface area (Å²) in [5.74, 6) is 0. The molecule has 0 saturated carbocycles. The molecule has 12 nitrogen and oxygen atoms in total. The number of hydrogen-bond acceptors (Lipinski definition) is 12. The van der Waals surface area contributed by atoms with E-state index in [9.17, 15) is 52.7 Å². The molecule has 0 heterocycles. The van der Waals surface area contributed by atoms with Gasteiger partial charge in [0, 0.05) is 40.8 Å². The van der Waals surface area contributed by atoms with Crippen molar-refractivity contribution in [2.45, 2.75) is 22.0 Å². The summed E-state index contributed by atoms with van der Waals surface area (Å²) >= 11 is 0. The quantitative estimate of drug-likeness (QED) is 0.184. The second kappa shape index (κ2) is 13.5. The maximum atomic E-state index is 10.7. The van der Waals surface area contributed by atoms with E-state index in [2.05, 4.69) is 0 Å². The maximum Gasteiger partial charge on any atom is 0.485 e. The Morgan fingerprint density at radius 1 is 0.333 bits per heavy atom. The van der Waals surface area contributed by atoms with Gasteiger partial charge in [-0.1, -0.05) is 0 Å². The molecule has 0 bridgehead atoms. The second-order valence-electron chi connectivity index (χ2n) is 3.60. The molecule has 33 heavy (non-hydrogen) atoms. The summed E-state index contributed by atoms with van der Waals surface area (Å²) in [6.07, 6.45) is 0. The fourth-order valence-corrected chi connectivity index (χ4v) is 0. The van der Waals surface area contributed by atoms with Crippen LogP contribution in [0, 0.1) is 40.8 Å². The van der Waals surface area contributed by atoms with E-state index in [0.717, 1.165) is 0 Å². The molecule has 0 aromatic carbocycles. The number of halogens is 12. The molecule has 0 unspecified atom stereocenters. The summed E-state index contributed by atoms with van der Waals surface area (Å²) in [7, 11) is -24.4. The zero-order valence-corrected chi connectivity index (χ0v) is 20.0. The van der Waals surface area contributed by atoms with Crippen LogP contribution in [0.4, 0.5) is 52.7 Å². The molecule has 0 fully saturated rings. The predicted molar refractivity (Wildman–Crippen MR) is 63.0 cm³/mol. The molecule has 0 aromatic heterocycles. The summed E-state index contributed by atoms with van der Waals surface area (Å²) in [5, 5.41) is 0. The van der Waals surface area contributed by atoms with Gasteiger partial charge in [0.1, 0.15) is 0 Å². The second-order valence-corrected chi connectivity index (χ2v) is 9.08. The third-order valence-corrected chi connectivity index (χ3v) is 3.40. The Hall–Kier alpha value is 0.151. The molecule has 0 N–H and O–H groups in total. The molecule has 0 aliphatic carbocycles. The largest absolute Gasteiger partial charge is 0.741 e. The first-order valence-corrected chi connectivity index (χ1v) is 10.7. The Morgan fingerprint density at radius 2 is 0.364 bits per heavy atom. The smallest absolute Gasteiger partial charge is 0.485 e. The van der Waals surface area contributed by atoms with Crippen molar-refractivity contribution in [2.75, 3.05) is 0 Å². The van der Waals surface area contributed by atoms with Crippen LogP contribution in [0.25, 0.3) is 0 Å². The van der Waals surface area contributed by atoms with Gasteiger partial charge in [-0.25, -0.2) is 33.7 Å². The fourth-order valence-electron chi connectivity index (χ4n) is 0. The van der Waals surface area contributed by atoms with Gasteiger partial charge in [0.2, 0.25) is 0 Å². The van der Waals surface area contributed by atoms with E-state index in [-0.39, 0.29) is 40.8 Å². The van der Waals surface area contributed by atoms with E-state index in [1.807, 2.05) is 0 Å². The van der Waals surface area contributed by atoms with Crippen LogP contribution in [0.3, 0.4) is 0 Å². The van der Waals surface area contributed by atoms with Crippen molar-refractivity contribution in [2.24, 2.45) is 0 Å². The molecule has 0 atom stereocenters. The van der Waals surface area contributed by atoms with E-state index in [0.29, 0.717) is 0 Å². The molecule has 0 saturated heterocycles. The van der Waals surface area contributed by atoms with Crippen LogP contribution in [0.5, 0.6) is 0 Å².